The Balaban J connectivity index is 1.96. The van der Waals surface area contributed by atoms with E-state index >= 15 is 0 Å². The van der Waals surface area contributed by atoms with Crippen LogP contribution in [0.3, 0.4) is 0 Å². The number of carbonyl (C=O) groups excluding carboxylic acids is 1. The van der Waals surface area contributed by atoms with Crippen molar-refractivity contribution in [1.29, 1.82) is 0 Å². The topological polar surface area (TPSA) is 49.3 Å². The number of anilines is 1. The van der Waals surface area contributed by atoms with E-state index in [1.54, 1.807) is 11.2 Å². The molecule has 0 aliphatic carbocycles. The average molecular weight is 270 g/mol. The van der Waals surface area contributed by atoms with Gasteiger partial charge in [0.25, 0.3) is 0 Å². The van der Waals surface area contributed by atoms with E-state index in [0.29, 0.717) is 0 Å². The highest BCUT2D eigenvalue weighted by Gasteiger charge is 2.18. The zero-order valence-corrected chi connectivity index (χ0v) is 11.6. The lowest BCUT2D eigenvalue weighted by Crippen LogP contribution is -2.46. The highest BCUT2D eigenvalue weighted by molar-refractivity contribution is 5.89. The maximum Gasteiger partial charge on any atom is 0.209 e. The number of nitrogens with zero attached hydrogens (tertiary/aromatic N) is 4. The molecule has 104 valence electrons. The number of amides is 1. The molecule has 0 saturated carbocycles. The predicted molar refractivity (Wildman–Crippen MR) is 78.8 cm³/mol. The molecule has 1 fully saturated rings. The van der Waals surface area contributed by atoms with E-state index in [-0.39, 0.29) is 0 Å². The Hall–Kier alpha value is -2.17. The lowest BCUT2D eigenvalue weighted by molar-refractivity contribution is -0.118. The molecule has 1 aliphatic heterocycles. The average Bonchev–Trinajstić information content (AvgIpc) is 2.54. The number of piperazine rings is 1. The molecule has 2 aromatic rings. The van der Waals surface area contributed by atoms with Crippen molar-refractivity contribution in [3.8, 4) is 0 Å². The summed E-state index contributed by atoms with van der Waals surface area (Å²) in [7, 11) is 0. The van der Waals surface area contributed by atoms with E-state index in [9.17, 15) is 4.79 Å². The van der Waals surface area contributed by atoms with Crippen LogP contribution in [0.15, 0.2) is 24.5 Å². The molecule has 0 radical (unpaired) electrons. The van der Waals surface area contributed by atoms with Gasteiger partial charge in [0, 0.05) is 31.6 Å². The summed E-state index contributed by atoms with van der Waals surface area (Å²) in [5.74, 6) is 0.982. The third-order valence-corrected chi connectivity index (χ3v) is 3.85. The van der Waals surface area contributed by atoms with Crippen LogP contribution in [0.5, 0.6) is 0 Å². The summed E-state index contributed by atoms with van der Waals surface area (Å²) >= 11 is 0. The van der Waals surface area contributed by atoms with Crippen LogP contribution in [-0.2, 0) is 11.2 Å². The number of carbonyl (C=O) groups is 1. The van der Waals surface area contributed by atoms with Crippen LogP contribution in [-0.4, -0.2) is 47.5 Å². The van der Waals surface area contributed by atoms with Gasteiger partial charge in [-0.3, -0.25) is 4.79 Å². The summed E-state index contributed by atoms with van der Waals surface area (Å²) in [4.78, 5) is 23.6. The van der Waals surface area contributed by atoms with Gasteiger partial charge in [-0.2, -0.15) is 0 Å². The van der Waals surface area contributed by atoms with Gasteiger partial charge in [-0.05, 0) is 24.1 Å². The van der Waals surface area contributed by atoms with Crippen molar-refractivity contribution in [3.63, 3.8) is 0 Å². The molecule has 1 amide bonds. The fourth-order valence-corrected chi connectivity index (χ4v) is 2.60. The van der Waals surface area contributed by atoms with Gasteiger partial charge in [0.05, 0.1) is 5.52 Å². The third kappa shape index (κ3) is 2.31. The van der Waals surface area contributed by atoms with Gasteiger partial charge in [0.1, 0.15) is 12.1 Å². The molecular formula is C15H18N4O. The van der Waals surface area contributed by atoms with Crippen LogP contribution >= 0.6 is 0 Å². The second kappa shape index (κ2) is 5.45. The lowest BCUT2D eigenvalue weighted by atomic mass is 10.1. The molecule has 1 aliphatic rings. The Morgan fingerprint density at radius 1 is 1.20 bits per heavy atom. The van der Waals surface area contributed by atoms with E-state index in [1.165, 1.54) is 5.56 Å². The SMILES string of the molecule is CCc1ccc2ncnc(N3CCN(C=O)CC3)c2c1. The van der Waals surface area contributed by atoms with Crippen LogP contribution in [0, 0.1) is 0 Å². The molecule has 0 N–H and O–H groups in total. The first kappa shape index (κ1) is 12.8. The zero-order chi connectivity index (χ0) is 13.9. The van der Waals surface area contributed by atoms with Gasteiger partial charge >= 0.3 is 0 Å². The summed E-state index contributed by atoms with van der Waals surface area (Å²) < 4.78 is 0. The van der Waals surface area contributed by atoms with Gasteiger partial charge in [0.2, 0.25) is 6.41 Å². The monoisotopic (exact) mass is 270 g/mol. The van der Waals surface area contributed by atoms with Gasteiger partial charge in [-0.1, -0.05) is 13.0 Å². The summed E-state index contributed by atoms with van der Waals surface area (Å²) in [6.45, 7) is 5.29. The highest BCUT2D eigenvalue weighted by Crippen LogP contribution is 2.25. The number of hydrogen-bond acceptors (Lipinski definition) is 4. The van der Waals surface area contributed by atoms with Crippen molar-refractivity contribution in [2.24, 2.45) is 0 Å². The number of fused-ring (bicyclic) bond motifs is 1. The number of aromatic nitrogens is 2. The minimum atomic E-state index is 0.752. The summed E-state index contributed by atoms with van der Waals surface area (Å²) in [5, 5.41) is 1.10. The first-order chi connectivity index (χ1) is 9.81. The molecule has 0 unspecified atom stereocenters. The van der Waals surface area contributed by atoms with Gasteiger partial charge in [0.15, 0.2) is 0 Å². The molecule has 0 atom stereocenters. The van der Waals surface area contributed by atoms with Crippen LogP contribution < -0.4 is 4.90 Å². The second-order valence-corrected chi connectivity index (χ2v) is 5.03. The molecule has 5 heteroatoms. The van der Waals surface area contributed by atoms with Crippen molar-refractivity contribution in [2.45, 2.75) is 13.3 Å². The normalized spacial score (nSPS) is 15.7. The zero-order valence-electron chi connectivity index (χ0n) is 11.6. The fourth-order valence-electron chi connectivity index (χ4n) is 2.60. The minimum Gasteiger partial charge on any atom is -0.352 e. The number of rotatable bonds is 3. The maximum atomic E-state index is 10.8. The first-order valence-electron chi connectivity index (χ1n) is 6.99. The molecule has 3 rings (SSSR count). The third-order valence-electron chi connectivity index (χ3n) is 3.85. The molecule has 1 aromatic heterocycles. The standard InChI is InChI=1S/C15H18N4O/c1-2-12-3-4-14-13(9-12)15(17-10-16-14)19-7-5-18(11-20)6-8-19/h3-4,9-11H,2,5-8H2,1H3. The van der Waals surface area contributed by atoms with E-state index in [1.807, 2.05) is 0 Å². The quantitative estimate of drug-likeness (QED) is 0.793. The fraction of sp³-hybridized carbons (Fsp3) is 0.400. The second-order valence-electron chi connectivity index (χ2n) is 5.03. The molecule has 0 bridgehead atoms. The van der Waals surface area contributed by atoms with E-state index in [0.717, 1.165) is 55.7 Å². The Labute approximate surface area is 118 Å². The van der Waals surface area contributed by atoms with E-state index < -0.39 is 0 Å². The largest absolute Gasteiger partial charge is 0.352 e. The Bertz CT molecular complexity index is 620. The Kier molecular flexibility index (Phi) is 3.50. The summed E-state index contributed by atoms with van der Waals surface area (Å²) in [6, 6.07) is 6.35. The molecule has 1 saturated heterocycles. The van der Waals surface area contributed by atoms with Gasteiger partial charge in [-0.25, -0.2) is 9.97 Å². The lowest BCUT2D eigenvalue weighted by Gasteiger charge is -2.33. The van der Waals surface area contributed by atoms with Gasteiger partial charge < -0.3 is 9.80 Å². The van der Waals surface area contributed by atoms with E-state index in [2.05, 4.69) is 40.0 Å². The Morgan fingerprint density at radius 3 is 2.70 bits per heavy atom. The molecule has 0 spiro atoms. The number of hydrogen-bond donors (Lipinski definition) is 0. The van der Waals surface area contributed by atoms with Crippen molar-refractivity contribution >= 4 is 23.1 Å². The van der Waals surface area contributed by atoms with E-state index in [4.69, 9.17) is 0 Å². The Morgan fingerprint density at radius 2 is 2.00 bits per heavy atom. The van der Waals surface area contributed by atoms with Crippen molar-refractivity contribution < 1.29 is 4.79 Å². The maximum absolute atomic E-state index is 10.8. The van der Waals surface area contributed by atoms with Gasteiger partial charge in [-0.15, -0.1) is 0 Å². The first-order valence-corrected chi connectivity index (χ1v) is 6.99. The highest BCUT2D eigenvalue weighted by atomic mass is 16.1. The van der Waals surface area contributed by atoms with Crippen LogP contribution in [0.1, 0.15) is 12.5 Å². The number of aryl methyl sites for hydroxylation is 1. The molecule has 2 heterocycles. The van der Waals surface area contributed by atoms with Crippen molar-refractivity contribution in [2.75, 3.05) is 31.1 Å². The van der Waals surface area contributed by atoms with Crippen molar-refractivity contribution in [1.82, 2.24) is 14.9 Å². The van der Waals surface area contributed by atoms with Crippen LogP contribution in [0.4, 0.5) is 5.82 Å². The minimum absolute atomic E-state index is 0.752. The smallest absolute Gasteiger partial charge is 0.209 e. The molecule has 5 nitrogen and oxygen atoms in total. The molecule has 20 heavy (non-hydrogen) atoms. The van der Waals surface area contributed by atoms with Crippen LogP contribution in [0.25, 0.3) is 10.9 Å². The predicted octanol–water partition coefficient (Wildman–Crippen LogP) is 1.47. The molecular weight excluding hydrogens is 252 g/mol. The molecule has 1 aromatic carbocycles. The summed E-state index contributed by atoms with van der Waals surface area (Å²) in [6.07, 6.45) is 3.54. The summed E-state index contributed by atoms with van der Waals surface area (Å²) in [5.41, 5.74) is 2.27. The van der Waals surface area contributed by atoms with Crippen molar-refractivity contribution in [3.05, 3.63) is 30.1 Å². The number of benzene rings is 1. The van der Waals surface area contributed by atoms with Crippen LogP contribution in [0.2, 0.25) is 0 Å².